The third-order valence-electron chi connectivity index (χ3n) is 3.06. The summed E-state index contributed by atoms with van der Waals surface area (Å²) in [7, 11) is 1.64. The van der Waals surface area contributed by atoms with Gasteiger partial charge in [-0.1, -0.05) is 6.07 Å². The number of benzene rings is 2. The van der Waals surface area contributed by atoms with Crippen molar-refractivity contribution in [2.45, 2.75) is 12.5 Å². The van der Waals surface area contributed by atoms with Crippen molar-refractivity contribution in [1.29, 1.82) is 0 Å². The molecule has 0 aliphatic heterocycles. The van der Waals surface area contributed by atoms with E-state index in [0.29, 0.717) is 11.1 Å². The molecule has 1 unspecified atom stereocenters. The lowest BCUT2D eigenvalue weighted by atomic mass is 9.98. The highest BCUT2D eigenvalue weighted by Gasteiger charge is 2.14. The van der Waals surface area contributed by atoms with Gasteiger partial charge in [-0.2, -0.15) is 0 Å². The Morgan fingerprint density at radius 2 is 1.55 bits per heavy atom. The minimum absolute atomic E-state index is 0.260. The molecule has 0 heterocycles. The van der Waals surface area contributed by atoms with Gasteiger partial charge >= 0.3 is 0 Å². The van der Waals surface area contributed by atoms with Gasteiger partial charge in [0, 0.05) is 12.1 Å². The van der Waals surface area contributed by atoms with Crippen LogP contribution < -0.4 is 5.32 Å². The van der Waals surface area contributed by atoms with Crippen LogP contribution in [0.2, 0.25) is 0 Å². The van der Waals surface area contributed by atoms with E-state index < -0.39 is 23.3 Å². The largest absolute Gasteiger partial charge is 0.313 e. The average Bonchev–Trinajstić information content (AvgIpc) is 2.38. The van der Waals surface area contributed by atoms with Gasteiger partial charge in [-0.3, -0.25) is 0 Å². The molecule has 0 spiro atoms. The lowest BCUT2D eigenvalue weighted by molar-refractivity contribution is 0.500. The van der Waals surface area contributed by atoms with Crippen LogP contribution in [0.15, 0.2) is 36.4 Å². The molecule has 0 bridgehead atoms. The summed E-state index contributed by atoms with van der Waals surface area (Å²) in [5, 5.41) is 2.92. The van der Waals surface area contributed by atoms with Gasteiger partial charge in [0.25, 0.3) is 0 Å². The third-order valence-corrected chi connectivity index (χ3v) is 3.06. The predicted octanol–water partition coefficient (Wildman–Crippen LogP) is 3.75. The van der Waals surface area contributed by atoms with Crippen molar-refractivity contribution in [2.24, 2.45) is 0 Å². The SMILES string of the molecule is CNC(Cc1cc(F)cc(F)c1)c1ccc(F)c(F)c1. The Morgan fingerprint density at radius 3 is 2.10 bits per heavy atom. The van der Waals surface area contributed by atoms with Crippen molar-refractivity contribution < 1.29 is 17.6 Å². The van der Waals surface area contributed by atoms with Crippen LogP contribution >= 0.6 is 0 Å². The molecule has 5 heteroatoms. The Hall–Kier alpha value is -1.88. The highest BCUT2D eigenvalue weighted by atomic mass is 19.2. The lowest BCUT2D eigenvalue weighted by Crippen LogP contribution is -2.19. The monoisotopic (exact) mass is 283 g/mol. The summed E-state index contributed by atoms with van der Waals surface area (Å²) < 4.78 is 52.4. The van der Waals surface area contributed by atoms with Crippen LogP contribution in [-0.2, 0) is 6.42 Å². The second-order valence-corrected chi connectivity index (χ2v) is 4.50. The van der Waals surface area contributed by atoms with E-state index in [-0.39, 0.29) is 12.5 Å². The maximum Gasteiger partial charge on any atom is 0.159 e. The maximum absolute atomic E-state index is 13.2. The summed E-state index contributed by atoms with van der Waals surface area (Å²) in [5.74, 6) is -3.21. The zero-order valence-corrected chi connectivity index (χ0v) is 10.8. The molecule has 2 aromatic rings. The summed E-state index contributed by atoms with van der Waals surface area (Å²) in [5.41, 5.74) is 0.947. The van der Waals surface area contributed by atoms with E-state index in [1.807, 2.05) is 0 Å². The first-order valence-corrected chi connectivity index (χ1v) is 6.07. The first-order chi connectivity index (χ1) is 9.49. The van der Waals surface area contributed by atoms with E-state index in [1.54, 1.807) is 7.05 Å². The van der Waals surface area contributed by atoms with Gasteiger partial charge < -0.3 is 5.32 Å². The molecular weight excluding hydrogens is 270 g/mol. The summed E-state index contributed by atoms with van der Waals surface area (Å²) >= 11 is 0. The van der Waals surface area contributed by atoms with E-state index >= 15 is 0 Å². The first-order valence-electron chi connectivity index (χ1n) is 6.07. The van der Waals surface area contributed by atoms with Gasteiger partial charge in [-0.15, -0.1) is 0 Å². The quantitative estimate of drug-likeness (QED) is 0.843. The number of nitrogens with one attached hydrogen (secondary N) is 1. The third kappa shape index (κ3) is 3.36. The van der Waals surface area contributed by atoms with Gasteiger partial charge in [0.05, 0.1) is 0 Å². The van der Waals surface area contributed by atoms with Crippen LogP contribution in [0.3, 0.4) is 0 Å². The highest BCUT2D eigenvalue weighted by molar-refractivity contribution is 5.25. The molecule has 2 rings (SSSR count). The van der Waals surface area contributed by atoms with Crippen molar-refractivity contribution >= 4 is 0 Å². The van der Waals surface area contributed by atoms with Crippen LogP contribution in [0.25, 0.3) is 0 Å². The summed E-state index contributed by atoms with van der Waals surface area (Å²) in [6.07, 6.45) is 0.260. The number of hydrogen-bond donors (Lipinski definition) is 1. The molecule has 0 aliphatic rings. The molecule has 0 aliphatic carbocycles. The topological polar surface area (TPSA) is 12.0 Å². The van der Waals surface area contributed by atoms with Gasteiger partial charge in [0.2, 0.25) is 0 Å². The lowest BCUT2D eigenvalue weighted by Gasteiger charge is -2.17. The molecule has 0 saturated heterocycles. The predicted molar refractivity (Wildman–Crippen MR) is 68.2 cm³/mol. The standard InChI is InChI=1S/C15H13F4N/c1-20-15(10-2-3-13(18)14(19)7-10)6-9-4-11(16)8-12(17)5-9/h2-5,7-8,15,20H,6H2,1H3. The maximum atomic E-state index is 13.2. The van der Waals surface area contributed by atoms with Crippen LogP contribution in [-0.4, -0.2) is 7.05 Å². The van der Waals surface area contributed by atoms with Gasteiger partial charge in [-0.25, -0.2) is 17.6 Å². The van der Waals surface area contributed by atoms with Gasteiger partial charge in [0.1, 0.15) is 11.6 Å². The Labute approximate surface area is 114 Å². The van der Waals surface area contributed by atoms with Crippen molar-refractivity contribution in [2.75, 3.05) is 7.05 Å². The second-order valence-electron chi connectivity index (χ2n) is 4.50. The van der Waals surface area contributed by atoms with E-state index in [4.69, 9.17) is 0 Å². The Bertz CT molecular complexity index is 593. The summed E-state index contributed by atoms with van der Waals surface area (Å²) in [6.45, 7) is 0. The molecule has 20 heavy (non-hydrogen) atoms. The summed E-state index contributed by atoms with van der Waals surface area (Å²) in [6, 6.07) is 6.39. The smallest absolute Gasteiger partial charge is 0.159 e. The second kappa shape index (κ2) is 6.05. The minimum Gasteiger partial charge on any atom is -0.313 e. The zero-order chi connectivity index (χ0) is 14.7. The normalized spacial score (nSPS) is 12.4. The fourth-order valence-electron chi connectivity index (χ4n) is 2.08. The van der Waals surface area contributed by atoms with Crippen LogP contribution in [0.4, 0.5) is 17.6 Å². The minimum atomic E-state index is -0.951. The van der Waals surface area contributed by atoms with E-state index in [0.717, 1.165) is 18.2 Å². The molecule has 1 nitrogen and oxygen atoms in total. The molecule has 0 saturated carbocycles. The Kier molecular flexibility index (Phi) is 4.39. The molecule has 1 N–H and O–H groups in total. The van der Waals surface area contributed by atoms with E-state index in [2.05, 4.69) is 5.32 Å². The number of hydrogen-bond acceptors (Lipinski definition) is 1. The number of likely N-dealkylation sites (N-methyl/N-ethyl adjacent to an activating group) is 1. The van der Waals surface area contributed by atoms with Crippen molar-refractivity contribution in [3.05, 3.63) is 70.8 Å². The molecule has 2 aromatic carbocycles. The average molecular weight is 283 g/mol. The van der Waals surface area contributed by atoms with Crippen molar-refractivity contribution in [3.8, 4) is 0 Å². The first kappa shape index (κ1) is 14.5. The van der Waals surface area contributed by atoms with Gasteiger partial charge in [-0.05, 0) is 48.9 Å². The fourth-order valence-corrected chi connectivity index (χ4v) is 2.08. The number of halogens is 4. The molecule has 0 radical (unpaired) electrons. The van der Waals surface area contributed by atoms with Gasteiger partial charge in [0.15, 0.2) is 11.6 Å². The zero-order valence-electron chi connectivity index (χ0n) is 10.8. The van der Waals surface area contributed by atoms with Crippen molar-refractivity contribution in [1.82, 2.24) is 5.32 Å². The molecule has 0 aromatic heterocycles. The molecule has 1 atom stereocenters. The van der Waals surface area contributed by atoms with Crippen LogP contribution in [0.1, 0.15) is 17.2 Å². The summed E-state index contributed by atoms with van der Waals surface area (Å²) in [4.78, 5) is 0. The van der Waals surface area contributed by atoms with E-state index in [1.165, 1.54) is 18.2 Å². The molecular formula is C15H13F4N. The van der Waals surface area contributed by atoms with E-state index in [9.17, 15) is 17.6 Å². The molecule has 0 amide bonds. The number of rotatable bonds is 4. The molecule has 106 valence electrons. The van der Waals surface area contributed by atoms with Crippen LogP contribution in [0, 0.1) is 23.3 Å². The molecule has 0 fully saturated rings. The Morgan fingerprint density at radius 1 is 0.900 bits per heavy atom. The highest BCUT2D eigenvalue weighted by Crippen LogP contribution is 2.21. The Balaban J connectivity index is 2.26. The van der Waals surface area contributed by atoms with Crippen LogP contribution in [0.5, 0.6) is 0 Å². The van der Waals surface area contributed by atoms with Crippen molar-refractivity contribution in [3.63, 3.8) is 0 Å². The fraction of sp³-hybridized carbons (Fsp3) is 0.200.